The van der Waals surface area contributed by atoms with Crippen LogP contribution >= 0.6 is 0 Å². The number of benzene rings is 2. The molecule has 1 N–H and O–H groups in total. The van der Waals surface area contributed by atoms with Gasteiger partial charge in [-0.2, -0.15) is 8.78 Å². The summed E-state index contributed by atoms with van der Waals surface area (Å²) in [7, 11) is 0. The molecule has 1 atom stereocenters. The summed E-state index contributed by atoms with van der Waals surface area (Å²) in [6.07, 6.45) is 3.19. The Morgan fingerprint density at radius 1 is 1.25 bits per heavy atom. The van der Waals surface area contributed by atoms with Gasteiger partial charge in [-0.05, 0) is 36.2 Å². The monoisotopic (exact) mass is 386 g/mol. The molecule has 0 bridgehead atoms. The minimum Gasteiger partial charge on any atom is -0.492 e. The summed E-state index contributed by atoms with van der Waals surface area (Å²) in [5.41, 5.74) is 1.58. The van der Waals surface area contributed by atoms with Crippen LogP contribution in [0.4, 0.5) is 14.5 Å². The highest BCUT2D eigenvalue weighted by molar-refractivity contribution is 5.94. The molecule has 6 nitrogen and oxygen atoms in total. The molecule has 28 heavy (non-hydrogen) atoms. The van der Waals surface area contributed by atoms with Crippen LogP contribution in [0.25, 0.3) is 11.3 Å². The molecule has 3 aromatic rings. The number of nitrogens with one attached hydrogen (secondary N) is 1. The number of aromatic nitrogens is 1. The Kier molecular flexibility index (Phi) is 4.92. The number of carbonyl (C=O) groups excluding carboxylic acids is 1. The van der Waals surface area contributed by atoms with Crippen LogP contribution < -0.4 is 14.8 Å². The molecule has 0 fully saturated rings. The van der Waals surface area contributed by atoms with Crippen LogP contribution in [-0.2, 0) is 11.2 Å². The van der Waals surface area contributed by atoms with Crippen LogP contribution in [0.15, 0.2) is 59.5 Å². The van der Waals surface area contributed by atoms with Crippen LogP contribution in [0.1, 0.15) is 5.56 Å². The maximum Gasteiger partial charge on any atom is 0.387 e. The number of halogens is 2. The SMILES string of the molecule is O=C(Nc1ccc(-c2cnco2)cc1OC(F)F)C1COc2ccccc2C1. The lowest BCUT2D eigenvalue weighted by molar-refractivity contribution is -0.121. The van der Waals surface area contributed by atoms with Crippen LogP contribution in [-0.4, -0.2) is 24.1 Å². The first kappa shape index (κ1) is 18.0. The van der Waals surface area contributed by atoms with Gasteiger partial charge < -0.3 is 19.2 Å². The molecular formula is C20H16F2N2O4. The van der Waals surface area contributed by atoms with Gasteiger partial charge in [0.2, 0.25) is 5.91 Å². The lowest BCUT2D eigenvalue weighted by Crippen LogP contribution is -2.32. The lowest BCUT2D eigenvalue weighted by atomic mass is 9.96. The molecule has 0 spiro atoms. The second kappa shape index (κ2) is 7.67. The molecule has 1 amide bonds. The predicted molar refractivity (Wildman–Crippen MR) is 96.3 cm³/mol. The maximum absolute atomic E-state index is 12.8. The zero-order valence-electron chi connectivity index (χ0n) is 14.6. The number of hydrogen-bond donors (Lipinski definition) is 1. The third-order valence-electron chi connectivity index (χ3n) is 4.42. The summed E-state index contributed by atoms with van der Waals surface area (Å²) >= 11 is 0. The largest absolute Gasteiger partial charge is 0.492 e. The topological polar surface area (TPSA) is 73.6 Å². The highest BCUT2D eigenvalue weighted by Crippen LogP contribution is 2.33. The average Bonchev–Trinajstić information content (AvgIpc) is 3.23. The smallest absolute Gasteiger partial charge is 0.387 e. The van der Waals surface area contributed by atoms with Crippen LogP contribution in [0.3, 0.4) is 0 Å². The number of ether oxygens (including phenoxy) is 2. The van der Waals surface area contributed by atoms with E-state index in [1.54, 1.807) is 6.07 Å². The summed E-state index contributed by atoms with van der Waals surface area (Å²) in [5.74, 6) is 0.220. The minimum absolute atomic E-state index is 0.146. The fraction of sp³-hybridized carbons (Fsp3) is 0.200. The molecule has 0 radical (unpaired) electrons. The van der Waals surface area contributed by atoms with Gasteiger partial charge in [0.25, 0.3) is 0 Å². The van der Waals surface area contributed by atoms with Gasteiger partial charge >= 0.3 is 6.61 Å². The van der Waals surface area contributed by atoms with Crippen molar-refractivity contribution in [2.24, 2.45) is 5.92 Å². The van der Waals surface area contributed by atoms with Crippen molar-refractivity contribution >= 4 is 11.6 Å². The van der Waals surface area contributed by atoms with Gasteiger partial charge in [0, 0.05) is 5.56 Å². The van der Waals surface area contributed by atoms with E-state index in [1.165, 1.54) is 24.7 Å². The molecule has 1 aliphatic rings. The number of carbonyl (C=O) groups is 1. The van der Waals surface area contributed by atoms with E-state index in [0.29, 0.717) is 17.7 Å². The quantitative estimate of drug-likeness (QED) is 0.714. The molecule has 4 rings (SSSR count). The second-order valence-electron chi connectivity index (χ2n) is 6.26. The van der Waals surface area contributed by atoms with Gasteiger partial charge in [0.05, 0.1) is 17.8 Å². The Bertz CT molecular complexity index is 976. The van der Waals surface area contributed by atoms with Crippen molar-refractivity contribution in [1.29, 1.82) is 0 Å². The second-order valence-corrected chi connectivity index (χ2v) is 6.26. The molecule has 1 aliphatic heterocycles. The molecule has 1 aromatic heterocycles. The van der Waals surface area contributed by atoms with E-state index in [1.807, 2.05) is 24.3 Å². The lowest BCUT2D eigenvalue weighted by Gasteiger charge is -2.25. The van der Waals surface area contributed by atoms with Crippen molar-refractivity contribution in [3.8, 4) is 22.8 Å². The number of fused-ring (bicyclic) bond motifs is 1. The molecule has 8 heteroatoms. The Morgan fingerprint density at radius 2 is 2.11 bits per heavy atom. The first-order valence-corrected chi connectivity index (χ1v) is 8.59. The van der Waals surface area contributed by atoms with Crippen molar-refractivity contribution < 1.29 is 27.5 Å². The van der Waals surface area contributed by atoms with Crippen molar-refractivity contribution in [1.82, 2.24) is 4.98 Å². The van der Waals surface area contributed by atoms with Gasteiger partial charge in [-0.3, -0.25) is 4.79 Å². The molecule has 2 heterocycles. The highest BCUT2D eigenvalue weighted by atomic mass is 19.3. The number of oxazole rings is 1. The molecule has 0 aliphatic carbocycles. The predicted octanol–water partition coefficient (Wildman–Crippen LogP) is 4.13. The molecular weight excluding hydrogens is 370 g/mol. The number of alkyl halides is 2. The highest BCUT2D eigenvalue weighted by Gasteiger charge is 2.27. The molecule has 2 aromatic carbocycles. The van der Waals surface area contributed by atoms with Gasteiger partial charge in [0.1, 0.15) is 18.1 Å². The third-order valence-corrected chi connectivity index (χ3v) is 4.42. The fourth-order valence-corrected chi connectivity index (χ4v) is 3.06. The van der Waals surface area contributed by atoms with Crippen molar-refractivity contribution in [3.63, 3.8) is 0 Å². The maximum atomic E-state index is 12.8. The number of para-hydroxylation sites is 1. The van der Waals surface area contributed by atoms with Crippen LogP contribution in [0.2, 0.25) is 0 Å². The first-order chi connectivity index (χ1) is 13.6. The number of hydrogen-bond acceptors (Lipinski definition) is 5. The third kappa shape index (κ3) is 3.80. The fourth-order valence-electron chi connectivity index (χ4n) is 3.06. The summed E-state index contributed by atoms with van der Waals surface area (Å²) in [5, 5.41) is 2.67. The van der Waals surface area contributed by atoms with Crippen molar-refractivity contribution in [2.45, 2.75) is 13.0 Å². The van der Waals surface area contributed by atoms with Gasteiger partial charge in [-0.15, -0.1) is 0 Å². The Hall–Kier alpha value is -3.42. The molecule has 0 saturated heterocycles. The van der Waals surface area contributed by atoms with Crippen LogP contribution in [0, 0.1) is 5.92 Å². The van der Waals surface area contributed by atoms with Crippen molar-refractivity contribution in [2.75, 3.05) is 11.9 Å². The number of rotatable bonds is 5. The first-order valence-electron chi connectivity index (χ1n) is 8.59. The minimum atomic E-state index is -3.04. The van der Waals surface area contributed by atoms with E-state index < -0.39 is 12.5 Å². The standard InChI is InChI=1S/C20H16F2N2O4/c21-20(22)28-17-8-13(18-9-23-11-27-18)5-6-15(17)24-19(25)14-7-12-3-1-2-4-16(12)26-10-14/h1-6,8-9,11,14,20H,7,10H2,(H,24,25). The summed E-state index contributed by atoms with van der Waals surface area (Å²) in [6.45, 7) is -2.82. The van der Waals surface area contributed by atoms with E-state index in [-0.39, 0.29) is 24.0 Å². The normalized spacial score (nSPS) is 15.6. The Morgan fingerprint density at radius 3 is 2.89 bits per heavy atom. The van der Waals surface area contributed by atoms with Gasteiger partial charge in [0.15, 0.2) is 12.2 Å². The molecule has 0 saturated carbocycles. The molecule has 144 valence electrons. The van der Waals surface area contributed by atoms with Gasteiger partial charge in [-0.25, -0.2) is 4.98 Å². The van der Waals surface area contributed by atoms with E-state index in [0.717, 1.165) is 11.3 Å². The zero-order valence-corrected chi connectivity index (χ0v) is 14.6. The number of anilines is 1. The van der Waals surface area contributed by atoms with Crippen LogP contribution in [0.5, 0.6) is 11.5 Å². The Labute approximate surface area is 159 Å². The summed E-state index contributed by atoms with van der Waals surface area (Å²) in [6, 6.07) is 12.0. The number of nitrogens with zero attached hydrogens (tertiary/aromatic N) is 1. The Balaban J connectivity index is 1.54. The van der Waals surface area contributed by atoms with E-state index in [2.05, 4.69) is 15.0 Å². The van der Waals surface area contributed by atoms with Crippen molar-refractivity contribution in [3.05, 3.63) is 60.6 Å². The van der Waals surface area contributed by atoms with E-state index >= 15 is 0 Å². The van der Waals surface area contributed by atoms with E-state index in [9.17, 15) is 13.6 Å². The van der Waals surface area contributed by atoms with Gasteiger partial charge in [-0.1, -0.05) is 18.2 Å². The van der Waals surface area contributed by atoms with E-state index in [4.69, 9.17) is 9.15 Å². The number of amides is 1. The molecule has 1 unspecified atom stereocenters. The zero-order chi connectivity index (χ0) is 19.5. The summed E-state index contributed by atoms with van der Waals surface area (Å²) in [4.78, 5) is 16.5. The average molecular weight is 386 g/mol. The summed E-state index contributed by atoms with van der Waals surface area (Å²) < 4.78 is 41.1.